The molecule has 20 heavy (non-hydrogen) atoms. The zero-order valence-electron chi connectivity index (χ0n) is 11.0. The highest BCUT2D eigenvalue weighted by Crippen LogP contribution is 2.25. The zero-order chi connectivity index (χ0) is 14.5. The number of benzene rings is 1. The van der Waals surface area contributed by atoms with Crippen LogP contribution in [0, 0.1) is 10.1 Å². The van der Waals surface area contributed by atoms with E-state index < -0.39 is 4.92 Å². The Bertz CT molecular complexity index is 587. The number of nitrogens with one attached hydrogen (secondary N) is 1. The molecule has 1 heterocycles. The van der Waals surface area contributed by atoms with Crippen molar-refractivity contribution in [1.82, 2.24) is 5.32 Å². The molecule has 2 aromatic rings. The summed E-state index contributed by atoms with van der Waals surface area (Å²) in [5, 5.41) is 16.6. The minimum absolute atomic E-state index is 0.0176. The van der Waals surface area contributed by atoms with E-state index >= 15 is 0 Å². The number of nitro groups is 1. The minimum Gasteiger partial charge on any atom is -0.305 e. The second kappa shape index (κ2) is 6.83. The Morgan fingerprint density at radius 2 is 2.25 bits per heavy atom. The number of hydrogen-bond donors (Lipinski definition) is 1. The number of rotatable bonds is 6. The Morgan fingerprint density at radius 1 is 1.45 bits per heavy atom. The van der Waals surface area contributed by atoms with Gasteiger partial charge in [0.1, 0.15) is 0 Å². The first-order valence-corrected chi connectivity index (χ1v) is 7.57. The number of nitrogens with zero attached hydrogens (tertiary/aromatic N) is 1. The van der Waals surface area contributed by atoms with E-state index in [0.29, 0.717) is 11.6 Å². The minimum atomic E-state index is -0.441. The standard InChI is InChI=1S/C14H15ClN2O2S/c1-2-13(14-4-3-7-20-14)16-9-10-5-6-11(17(18)19)8-12(10)15/h3-8,13,16H,2,9H2,1H3. The Labute approximate surface area is 126 Å². The van der Waals surface area contributed by atoms with E-state index in [4.69, 9.17) is 11.6 Å². The highest BCUT2D eigenvalue weighted by molar-refractivity contribution is 7.10. The summed E-state index contributed by atoms with van der Waals surface area (Å²) in [6, 6.07) is 8.99. The van der Waals surface area contributed by atoms with Crippen LogP contribution in [0.1, 0.15) is 29.8 Å². The molecule has 0 aliphatic carbocycles. The average Bonchev–Trinajstić information content (AvgIpc) is 2.95. The average molecular weight is 311 g/mol. The molecule has 1 unspecified atom stereocenters. The summed E-state index contributed by atoms with van der Waals surface area (Å²) in [5.74, 6) is 0. The van der Waals surface area contributed by atoms with Gasteiger partial charge in [0.15, 0.2) is 0 Å². The quantitative estimate of drug-likeness (QED) is 0.629. The van der Waals surface area contributed by atoms with Gasteiger partial charge in [-0.3, -0.25) is 10.1 Å². The van der Waals surface area contributed by atoms with E-state index in [9.17, 15) is 10.1 Å². The van der Waals surface area contributed by atoms with Crippen molar-refractivity contribution < 1.29 is 4.92 Å². The molecule has 106 valence electrons. The third-order valence-corrected chi connectivity index (χ3v) is 4.42. The summed E-state index contributed by atoms with van der Waals surface area (Å²) in [5.41, 5.74) is 0.885. The van der Waals surface area contributed by atoms with Crippen LogP contribution in [0.2, 0.25) is 5.02 Å². The van der Waals surface area contributed by atoms with Gasteiger partial charge in [0.25, 0.3) is 5.69 Å². The summed E-state index contributed by atoms with van der Waals surface area (Å²) in [6.45, 7) is 2.71. The second-order valence-corrected chi connectivity index (χ2v) is 5.78. The first kappa shape index (κ1) is 15.0. The molecule has 0 aliphatic heterocycles. The molecule has 1 aromatic heterocycles. The van der Waals surface area contributed by atoms with Gasteiger partial charge in [0.05, 0.1) is 9.95 Å². The third-order valence-electron chi connectivity index (χ3n) is 3.08. The lowest BCUT2D eigenvalue weighted by Crippen LogP contribution is -2.19. The van der Waals surface area contributed by atoms with E-state index in [1.54, 1.807) is 17.4 Å². The number of halogens is 1. The molecule has 4 nitrogen and oxygen atoms in total. The summed E-state index contributed by atoms with van der Waals surface area (Å²) >= 11 is 7.80. The zero-order valence-corrected chi connectivity index (χ0v) is 12.6. The monoisotopic (exact) mass is 310 g/mol. The van der Waals surface area contributed by atoms with Gasteiger partial charge in [-0.15, -0.1) is 11.3 Å². The molecule has 1 N–H and O–H groups in total. The van der Waals surface area contributed by atoms with Crippen molar-refractivity contribution in [3.8, 4) is 0 Å². The maximum Gasteiger partial charge on any atom is 0.270 e. The molecule has 0 aliphatic rings. The number of hydrogen-bond acceptors (Lipinski definition) is 4. The van der Waals surface area contributed by atoms with Crippen LogP contribution in [0.25, 0.3) is 0 Å². The maximum atomic E-state index is 10.7. The molecule has 1 aromatic carbocycles. The smallest absolute Gasteiger partial charge is 0.270 e. The SMILES string of the molecule is CCC(NCc1ccc([N+](=O)[O-])cc1Cl)c1cccs1. The molecule has 0 saturated heterocycles. The maximum absolute atomic E-state index is 10.7. The lowest BCUT2D eigenvalue weighted by Gasteiger charge is -2.16. The van der Waals surface area contributed by atoms with Crippen LogP contribution in [-0.4, -0.2) is 4.92 Å². The highest BCUT2D eigenvalue weighted by Gasteiger charge is 2.12. The fourth-order valence-corrected chi connectivity index (χ4v) is 3.09. The van der Waals surface area contributed by atoms with Gasteiger partial charge in [-0.2, -0.15) is 0 Å². The number of nitro benzene ring substituents is 1. The molecule has 2 rings (SSSR count). The molecule has 0 saturated carbocycles. The van der Waals surface area contributed by atoms with E-state index in [1.807, 2.05) is 6.07 Å². The number of thiophene rings is 1. The molecule has 1 atom stereocenters. The van der Waals surface area contributed by atoms with Crippen LogP contribution in [-0.2, 0) is 6.54 Å². The normalized spacial score (nSPS) is 12.3. The van der Waals surface area contributed by atoms with Crippen molar-refractivity contribution in [3.05, 3.63) is 61.3 Å². The largest absolute Gasteiger partial charge is 0.305 e. The van der Waals surface area contributed by atoms with Gasteiger partial charge in [0.2, 0.25) is 0 Å². The molecule has 6 heteroatoms. The van der Waals surface area contributed by atoms with Crippen molar-refractivity contribution in [2.45, 2.75) is 25.9 Å². The van der Waals surface area contributed by atoms with Crippen molar-refractivity contribution in [2.75, 3.05) is 0 Å². The molecule has 0 bridgehead atoms. The molecule has 0 spiro atoms. The fraction of sp³-hybridized carbons (Fsp3) is 0.286. The molecule has 0 fully saturated rings. The summed E-state index contributed by atoms with van der Waals surface area (Å²) < 4.78 is 0. The van der Waals surface area contributed by atoms with Crippen LogP contribution in [0.3, 0.4) is 0 Å². The van der Waals surface area contributed by atoms with Crippen LogP contribution in [0.4, 0.5) is 5.69 Å². The van der Waals surface area contributed by atoms with Crippen LogP contribution in [0.15, 0.2) is 35.7 Å². The van der Waals surface area contributed by atoms with Crippen LogP contribution >= 0.6 is 22.9 Å². The molecular formula is C14H15ClN2O2S. The Balaban J connectivity index is 2.05. The van der Waals surface area contributed by atoms with E-state index in [2.05, 4.69) is 23.7 Å². The summed E-state index contributed by atoms with van der Waals surface area (Å²) in [4.78, 5) is 11.5. The lowest BCUT2D eigenvalue weighted by atomic mass is 10.1. The summed E-state index contributed by atoms with van der Waals surface area (Å²) in [7, 11) is 0. The molecule has 0 amide bonds. The first-order chi connectivity index (χ1) is 9.61. The second-order valence-electron chi connectivity index (χ2n) is 4.39. The van der Waals surface area contributed by atoms with Crippen molar-refractivity contribution in [3.63, 3.8) is 0 Å². The Hall–Kier alpha value is -1.43. The van der Waals surface area contributed by atoms with E-state index in [1.165, 1.54) is 17.0 Å². The van der Waals surface area contributed by atoms with Gasteiger partial charge < -0.3 is 5.32 Å². The van der Waals surface area contributed by atoms with E-state index in [0.717, 1.165) is 12.0 Å². The van der Waals surface area contributed by atoms with Crippen LogP contribution < -0.4 is 5.32 Å². The van der Waals surface area contributed by atoms with Crippen molar-refractivity contribution in [1.29, 1.82) is 0 Å². The molecule has 0 radical (unpaired) electrons. The van der Waals surface area contributed by atoms with Crippen molar-refractivity contribution in [2.24, 2.45) is 0 Å². The van der Waals surface area contributed by atoms with Gasteiger partial charge >= 0.3 is 0 Å². The van der Waals surface area contributed by atoms with Gasteiger partial charge in [-0.05, 0) is 29.5 Å². The Morgan fingerprint density at radius 3 is 2.80 bits per heavy atom. The highest BCUT2D eigenvalue weighted by atomic mass is 35.5. The number of non-ortho nitro benzene ring substituents is 1. The fourth-order valence-electron chi connectivity index (χ4n) is 1.96. The lowest BCUT2D eigenvalue weighted by molar-refractivity contribution is -0.384. The predicted octanol–water partition coefficient (Wildman–Crippen LogP) is 4.55. The Kier molecular flexibility index (Phi) is 5.11. The van der Waals surface area contributed by atoms with Gasteiger partial charge in [-0.25, -0.2) is 0 Å². The van der Waals surface area contributed by atoms with Gasteiger partial charge in [-0.1, -0.05) is 24.6 Å². The third kappa shape index (κ3) is 3.56. The summed E-state index contributed by atoms with van der Waals surface area (Å²) in [6.07, 6.45) is 0.977. The molecular weight excluding hydrogens is 296 g/mol. The van der Waals surface area contributed by atoms with Gasteiger partial charge in [0, 0.05) is 29.6 Å². The van der Waals surface area contributed by atoms with Crippen molar-refractivity contribution >= 4 is 28.6 Å². The predicted molar refractivity (Wildman–Crippen MR) is 82.3 cm³/mol. The topological polar surface area (TPSA) is 55.2 Å². The van der Waals surface area contributed by atoms with Crippen LogP contribution in [0.5, 0.6) is 0 Å². The van der Waals surface area contributed by atoms with E-state index in [-0.39, 0.29) is 11.7 Å². The first-order valence-electron chi connectivity index (χ1n) is 6.31.